The second kappa shape index (κ2) is 6.62. The molecule has 1 nitrogen and oxygen atoms in total. The lowest BCUT2D eigenvalue weighted by Crippen LogP contribution is -2.21. The van der Waals surface area contributed by atoms with Crippen LogP contribution in [0.1, 0.15) is 19.4 Å². The first-order valence-corrected chi connectivity index (χ1v) is 7.35. The minimum atomic E-state index is -0.804. The van der Waals surface area contributed by atoms with E-state index in [1.807, 2.05) is 13.8 Å². The molecule has 0 saturated heterocycles. The van der Waals surface area contributed by atoms with Gasteiger partial charge < -0.3 is 5.32 Å². The van der Waals surface area contributed by atoms with Crippen LogP contribution >= 0.6 is 15.9 Å². The van der Waals surface area contributed by atoms with E-state index in [1.165, 1.54) is 18.2 Å². The van der Waals surface area contributed by atoms with Crippen LogP contribution in [0.2, 0.25) is 0 Å². The van der Waals surface area contributed by atoms with Gasteiger partial charge in [0.15, 0.2) is 0 Å². The van der Waals surface area contributed by atoms with Gasteiger partial charge in [-0.2, -0.15) is 0 Å². The summed E-state index contributed by atoms with van der Waals surface area (Å²) in [6.07, 6.45) is 0. The van der Waals surface area contributed by atoms with Gasteiger partial charge in [-0.3, -0.25) is 0 Å². The van der Waals surface area contributed by atoms with Gasteiger partial charge in [0, 0.05) is 18.2 Å². The lowest BCUT2D eigenvalue weighted by Gasteiger charge is -2.11. The Bertz CT molecular complexity index is 656. The summed E-state index contributed by atoms with van der Waals surface area (Å²) in [6, 6.07) is 7.00. The third-order valence-electron chi connectivity index (χ3n) is 3.06. The number of benzene rings is 2. The Morgan fingerprint density at radius 3 is 2.38 bits per heavy atom. The fraction of sp³-hybridized carbons (Fsp3) is 0.250. The fourth-order valence-corrected chi connectivity index (χ4v) is 2.30. The maximum atomic E-state index is 14.2. The van der Waals surface area contributed by atoms with Gasteiger partial charge in [0.1, 0.15) is 17.5 Å². The van der Waals surface area contributed by atoms with Crippen LogP contribution in [0.25, 0.3) is 11.1 Å². The molecule has 21 heavy (non-hydrogen) atoms. The van der Waals surface area contributed by atoms with Crippen LogP contribution in [-0.4, -0.2) is 6.04 Å². The van der Waals surface area contributed by atoms with Crippen molar-refractivity contribution >= 4 is 15.9 Å². The Balaban J connectivity index is 2.40. The number of hydrogen-bond acceptors (Lipinski definition) is 1. The van der Waals surface area contributed by atoms with E-state index in [0.717, 1.165) is 11.6 Å². The summed E-state index contributed by atoms with van der Waals surface area (Å²) in [5, 5.41) is 3.16. The van der Waals surface area contributed by atoms with Crippen LogP contribution in [0.15, 0.2) is 34.8 Å². The first kappa shape index (κ1) is 16.0. The second-order valence-electron chi connectivity index (χ2n) is 5.07. The molecule has 0 aromatic heterocycles. The average Bonchev–Trinajstić information content (AvgIpc) is 2.43. The van der Waals surface area contributed by atoms with Crippen molar-refractivity contribution < 1.29 is 13.2 Å². The first-order chi connectivity index (χ1) is 9.90. The summed E-state index contributed by atoms with van der Waals surface area (Å²) < 4.78 is 42.1. The van der Waals surface area contributed by atoms with Crippen LogP contribution < -0.4 is 5.32 Å². The van der Waals surface area contributed by atoms with Gasteiger partial charge in [0.2, 0.25) is 0 Å². The van der Waals surface area contributed by atoms with Gasteiger partial charge in [-0.15, -0.1) is 0 Å². The van der Waals surface area contributed by atoms with Gasteiger partial charge >= 0.3 is 0 Å². The van der Waals surface area contributed by atoms with E-state index in [9.17, 15) is 13.2 Å². The average molecular weight is 358 g/mol. The van der Waals surface area contributed by atoms with Crippen molar-refractivity contribution in [3.63, 3.8) is 0 Å². The van der Waals surface area contributed by atoms with Gasteiger partial charge in [-0.1, -0.05) is 26.0 Å². The number of halogens is 4. The van der Waals surface area contributed by atoms with Crippen molar-refractivity contribution in [3.05, 3.63) is 57.8 Å². The third-order valence-corrected chi connectivity index (χ3v) is 3.67. The van der Waals surface area contributed by atoms with Crippen LogP contribution in [0, 0.1) is 17.5 Å². The molecule has 0 saturated carbocycles. The molecule has 0 heterocycles. The van der Waals surface area contributed by atoms with E-state index >= 15 is 0 Å². The summed E-state index contributed by atoms with van der Waals surface area (Å²) in [5.74, 6) is -2.24. The molecule has 0 aliphatic carbocycles. The predicted octanol–water partition coefficient (Wildman–Crippen LogP) is 5.03. The molecule has 1 N–H and O–H groups in total. The van der Waals surface area contributed by atoms with Crippen LogP contribution in [0.5, 0.6) is 0 Å². The zero-order chi connectivity index (χ0) is 15.6. The number of nitrogens with one attached hydrogen (secondary N) is 1. The van der Waals surface area contributed by atoms with E-state index < -0.39 is 17.5 Å². The molecule has 2 rings (SSSR count). The Labute approximate surface area is 130 Å². The molecule has 2 aromatic rings. The summed E-state index contributed by atoms with van der Waals surface area (Å²) in [4.78, 5) is 0. The van der Waals surface area contributed by atoms with E-state index in [-0.39, 0.29) is 21.6 Å². The maximum Gasteiger partial charge on any atom is 0.148 e. The number of hydrogen-bond donors (Lipinski definition) is 1. The summed E-state index contributed by atoms with van der Waals surface area (Å²) in [6.45, 7) is 4.46. The Kier molecular flexibility index (Phi) is 5.06. The molecule has 2 aromatic carbocycles. The Hall–Kier alpha value is -1.33. The maximum absolute atomic E-state index is 14.2. The van der Waals surface area contributed by atoms with E-state index in [2.05, 4.69) is 21.2 Å². The largest absolute Gasteiger partial charge is 0.310 e. The summed E-state index contributed by atoms with van der Waals surface area (Å²) in [7, 11) is 0. The second-order valence-corrected chi connectivity index (χ2v) is 5.92. The van der Waals surface area contributed by atoms with E-state index in [0.29, 0.717) is 6.54 Å². The van der Waals surface area contributed by atoms with Gasteiger partial charge in [0.05, 0.1) is 10.0 Å². The Morgan fingerprint density at radius 2 is 1.76 bits per heavy atom. The smallest absolute Gasteiger partial charge is 0.148 e. The molecule has 0 bridgehead atoms. The summed E-state index contributed by atoms with van der Waals surface area (Å²) >= 11 is 2.98. The van der Waals surface area contributed by atoms with Gasteiger partial charge in [-0.25, -0.2) is 13.2 Å². The van der Waals surface area contributed by atoms with Crippen molar-refractivity contribution in [2.45, 2.75) is 26.4 Å². The van der Waals surface area contributed by atoms with E-state index in [4.69, 9.17) is 0 Å². The fourth-order valence-electron chi connectivity index (χ4n) is 1.97. The molecule has 0 unspecified atom stereocenters. The van der Waals surface area contributed by atoms with Gasteiger partial charge in [0.25, 0.3) is 0 Å². The molecule has 0 amide bonds. The normalized spacial score (nSPS) is 11.2. The molecule has 0 radical (unpaired) electrons. The molecule has 0 spiro atoms. The monoisotopic (exact) mass is 357 g/mol. The topological polar surface area (TPSA) is 12.0 Å². The van der Waals surface area contributed by atoms with Crippen LogP contribution in [-0.2, 0) is 6.54 Å². The lowest BCUT2D eigenvalue weighted by molar-refractivity contribution is 0.573. The van der Waals surface area contributed by atoms with Crippen molar-refractivity contribution in [1.29, 1.82) is 0 Å². The molecular weight excluding hydrogens is 343 g/mol. The predicted molar refractivity (Wildman–Crippen MR) is 81.4 cm³/mol. The standard InChI is InChI=1S/C16H15BrF3N/c1-9(2)21-8-10-3-4-11(14(19)7-10)15-13(18)6-5-12(17)16(15)20/h3-7,9,21H,8H2,1-2H3. The zero-order valence-electron chi connectivity index (χ0n) is 11.7. The molecule has 0 aliphatic heterocycles. The molecule has 112 valence electrons. The van der Waals surface area contributed by atoms with Crippen LogP contribution in [0.3, 0.4) is 0 Å². The molecule has 0 fully saturated rings. The number of rotatable bonds is 4. The SMILES string of the molecule is CC(C)NCc1ccc(-c2c(F)ccc(Br)c2F)c(F)c1. The minimum absolute atomic E-state index is 0.0837. The highest BCUT2D eigenvalue weighted by molar-refractivity contribution is 9.10. The molecule has 0 atom stereocenters. The minimum Gasteiger partial charge on any atom is -0.310 e. The molecule has 5 heteroatoms. The highest BCUT2D eigenvalue weighted by Crippen LogP contribution is 2.32. The third kappa shape index (κ3) is 3.66. The molecular formula is C16H15BrF3N. The lowest BCUT2D eigenvalue weighted by atomic mass is 10.0. The van der Waals surface area contributed by atoms with Crippen molar-refractivity contribution in [1.82, 2.24) is 5.32 Å². The zero-order valence-corrected chi connectivity index (χ0v) is 13.3. The van der Waals surface area contributed by atoms with Crippen molar-refractivity contribution in [3.8, 4) is 11.1 Å². The van der Waals surface area contributed by atoms with Gasteiger partial charge in [-0.05, 0) is 39.7 Å². The quantitative estimate of drug-likeness (QED) is 0.756. The van der Waals surface area contributed by atoms with Crippen molar-refractivity contribution in [2.75, 3.05) is 0 Å². The highest BCUT2D eigenvalue weighted by Gasteiger charge is 2.17. The Morgan fingerprint density at radius 1 is 1.05 bits per heavy atom. The van der Waals surface area contributed by atoms with E-state index in [1.54, 1.807) is 6.07 Å². The first-order valence-electron chi connectivity index (χ1n) is 6.56. The summed E-state index contributed by atoms with van der Waals surface area (Å²) in [5.41, 5.74) is 0.283. The highest BCUT2D eigenvalue weighted by atomic mass is 79.9. The van der Waals surface area contributed by atoms with Crippen molar-refractivity contribution in [2.24, 2.45) is 0 Å². The van der Waals surface area contributed by atoms with Crippen LogP contribution in [0.4, 0.5) is 13.2 Å². The molecule has 0 aliphatic rings.